The summed E-state index contributed by atoms with van der Waals surface area (Å²) < 4.78 is 0. The van der Waals surface area contributed by atoms with Crippen LogP contribution in [0.25, 0.3) is 0 Å². The van der Waals surface area contributed by atoms with Gasteiger partial charge < -0.3 is 5.32 Å². The molecule has 0 aliphatic rings. The van der Waals surface area contributed by atoms with Crippen LogP contribution < -0.4 is 5.32 Å². The molecule has 2 rings (SSSR count). The van der Waals surface area contributed by atoms with Crippen LogP contribution in [-0.2, 0) is 0 Å². The van der Waals surface area contributed by atoms with Gasteiger partial charge in [-0.05, 0) is 24.3 Å². The van der Waals surface area contributed by atoms with Crippen LogP contribution in [0.4, 0.5) is 0 Å². The molecule has 2 N–H and O–H groups in total. The highest BCUT2D eigenvalue weighted by atomic mass is 32.1. The summed E-state index contributed by atoms with van der Waals surface area (Å²) in [4.78, 5) is 13.4. The van der Waals surface area contributed by atoms with Crippen molar-refractivity contribution in [2.45, 2.75) is 26.8 Å². The molecule has 0 bridgehead atoms. The lowest BCUT2D eigenvalue weighted by atomic mass is 10.0. The van der Waals surface area contributed by atoms with Gasteiger partial charge in [-0.1, -0.05) is 19.9 Å². The molecular weight excluding hydrogens is 246 g/mol. The Labute approximate surface area is 110 Å². The molecule has 1 atom stereocenters. The SMILES string of the molecule is Cc1[nH]ncc1C(=O)NC(c1cccs1)C(C)C. The smallest absolute Gasteiger partial charge is 0.255 e. The number of amides is 1. The fourth-order valence-electron chi connectivity index (χ4n) is 1.83. The maximum absolute atomic E-state index is 12.2. The van der Waals surface area contributed by atoms with E-state index in [2.05, 4.69) is 35.4 Å². The minimum atomic E-state index is -0.0756. The van der Waals surface area contributed by atoms with Crippen molar-refractivity contribution in [3.8, 4) is 0 Å². The van der Waals surface area contributed by atoms with Gasteiger partial charge >= 0.3 is 0 Å². The van der Waals surface area contributed by atoms with Gasteiger partial charge in [-0.25, -0.2) is 0 Å². The molecule has 0 aliphatic carbocycles. The lowest BCUT2D eigenvalue weighted by molar-refractivity contribution is 0.0926. The zero-order valence-corrected chi connectivity index (χ0v) is 11.5. The van der Waals surface area contributed by atoms with Crippen LogP contribution in [-0.4, -0.2) is 16.1 Å². The van der Waals surface area contributed by atoms with Gasteiger partial charge in [0.25, 0.3) is 5.91 Å². The molecule has 4 nitrogen and oxygen atoms in total. The predicted molar refractivity (Wildman–Crippen MR) is 72.7 cm³/mol. The van der Waals surface area contributed by atoms with Crippen molar-refractivity contribution in [2.24, 2.45) is 5.92 Å². The third kappa shape index (κ3) is 2.61. The van der Waals surface area contributed by atoms with E-state index in [1.807, 2.05) is 18.4 Å². The molecule has 0 saturated carbocycles. The van der Waals surface area contributed by atoms with Crippen molar-refractivity contribution in [3.63, 3.8) is 0 Å². The largest absolute Gasteiger partial charge is 0.344 e. The Hall–Kier alpha value is -1.62. The highest BCUT2D eigenvalue weighted by molar-refractivity contribution is 7.10. The molecule has 2 heterocycles. The predicted octanol–water partition coefficient (Wildman–Crippen LogP) is 2.91. The number of nitrogens with one attached hydrogen (secondary N) is 2. The van der Waals surface area contributed by atoms with E-state index >= 15 is 0 Å². The molecular formula is C13H17N3OS. The topological polar surface area (TPSA) is 57.8 Å². The normalized spacial score (nSPS) is 12.7. The molecule has 5 heteroatoms. The van der Waals surface area contributed by atoms with Crippen LogP contribution >= 0.6 is 11.3 Å². The zero-order valence-electron chi connectivity index (χ0n) is 10.7. The fourth-order valence-corrected chi connectivity index (χ4v) is 2.78. The quantitative estimate of drug-likeness (QED) is 0.891. The van der Waals surface area contributed by atoms with Crippen molar-refractivity contribution in [3.05, 3.63) is 39.8 Å². The van der Waals surface area contributed by atoms with Crippen LogP contribution in [0.2, 0.25) is 0 Å². The average molecular weight is 263 g/mol. The summed E-state index contributed by atoms with van der Waals surface area (Å²) in [6, 6.07) is 4.11. The van der Waals surface area contributed by atoms with E-state index < -0.39 is 0 Å². The number of aromatic amines is 1. The van der Waals surface area contributed by atoms with E-state index in [0.717, 1.165) is 5.69 Å². The van der Waals surface area contributed by atoms with Crippen molar-refractivity contribution >= 4 is 17.2 Å². The monoisotopic (exact) mass is 263 g/mol. The number of hydrogen-bond donors (Lipinski definition) is 2. The molecule has 0 aliphatic heterocycles. The summed E-state index contributed by atoms with van der Waals surface area (Å²) in [6.45, 7) is 6.05. The summed E-state index contributed by atoms with van der Waals surface area (Å²) in [5, 5.41) is 11.8. The Morgan fingerprint density at radius 3 is 2.78 bits per heavy atom. The fraction of sp³-hybridized carbons (Fsp3) is 0.385. The number of nitrogens with zero attached hydrogens (tertiary/aromatic N) is 1. The van der Waals surface area contributed by atoms with Gasteiger partial charge in [0.2, 0.25) is 0 Å². The number of carbonyl (C=O) groups excluding carboxylic acids is 1. The summed E-state index contributed by atoms with van der Waals surface area (Å²) in [5.41, 5.74) is 1.40. The summed E-state index contributed by atoms with van der Waals surface area (Å²) in [5.74, 6) is 0.271. The minimum absolute atomic E-state index is 0.0480. The third-order valence-corrected chi connectivity index (χ3v) is 3.83. The van der Waals surface area contributed by atoms with Gasteiger partial charge in [0.1, 0.15) is 0 Å². The molecule has 96 valence electrons. The van der Waals surface area contributed by atoms with E-state index in [0.29, 0.717) is 11.5 Å². The maximum atomic E-state index is 12.2. The van der Waals surface area contributed by atoms with Crippen LogP contribution in [0.3, 0.4) is 0 Å². The van der Waals surface area contributed by atoms with Gasteiger partial charge in [-0.3, -0.25) is 9.89 Å². The van der Waals surface area contributed by atoms with E-state index in [9.17, 15) is 4.79 Å². The van der Waals surface area contributed by atoms with Crippen molar-refractivity contribution in [1.29, 1.82) is 0 Å². The van der Waals surface area contributed by atoms with Crippen molar-refractivity contribution in [2.75, 3.05) is 0 Å². The Morgan fingerprint density at radius 1 is 1.50 bits per heavy atom. The maximum Gasteiger partial charge on any atom is 0.255 e. The lowest BCUT2D eigenvalue weighted by Crippen LogP contribution is -2.31. The molecule has 1 amide bonds. The van der Waals surface area contributed by atoms with Crippen LogP contribution in [0.1, 0.15) is 40.8 Å². The zero-order chi connectivity index (χ0) is 13.1. The Bertz CT molecular complexity index is 516. The summed E-state index contributed by atoms with van der Waals surface area (Å²) >= 11 is 1.66. The third-order valence-electron chi connectivity index (χ3n) is 2.88. The van der Waals surface area contributed by atoms with Crippen molar-refractivity contribution in [1.82, 2.24) is 15.5 Å². The first-order valence-electron chi connectivity index (χ1n) is 5.94. The molecule has 2 aromatic rings. The summed E-state index contributed by atoms with van der Waals surface area (Å²) in [7, 11) is 0. The molecule has 18 heavy (non-hydrogen) atoms. The molecule has 2 aromatic heterocycles. The van der Waals surface area contributed by atoms with Crippen LogP contribution in [0.15, 0.2) is 23.7 Å². The van der Waals surface area contributed by atoms with E-state index in [1.54, 1.807) is 17.5 Å². The standard InChI is InChI=1S/C13H17N3OS/c1-8(2)12(11-5-4-6-18-11)15-13(17)10-7-14-16-9(10)3/h4-8,12H,1-3H3,(H,14,16)(H,15,17). The highest BCUT2D eigenvalue weighted by Gasteiger charge is 2.21. The first-order chi connectivity index (χ1) is 8.59. The number of aryl methyl sites for hydroxylation is 1. The van der Waals surface area contributed by atoms with Gasteiger partial charge in [0.15, 0.2) is 0 Å². The molecule has 0 radical (unpaired) electrons. The van der Waals surface area contributed by atoms with Gasteiger partial charge in [0, 0.05) is 10.6 Å². The first kappa shape index (κ1) is 12.8. The Morgan fingerprint density at radius 2 is 2.28 bits per heavy atom. The second kappa shape index (κ2) is 5.35. The second-order valence-corrected chi connectivity index (χ2v) is 5.60. The number of H-pyrrole nitrogens is 1. The molecule has 0 fully saturated rings. The highest BCUT2D eigenvalue weighted by Crippen LogP contribution is 2.26. The molecule has 0 spiro atoms. The first-order valence-corrected chi connectivity index (χ1v) is 6.81. The van der Waals surface area contributed by atoms with E-state index in [-0.39, 0.29) is 11.9 Å². The lowest BCUT2D eigenvalue weighted by Gasteiger charge is -2.21. The van der Waals surface area contributed by atoms with Gasteiger partial charge in [-0.2, -0.15) is 5.10 Å². The molecule has 1 unspecified atom stereocenters. The second-order valence-electron chi connectivity index (χ2n) is 4.62. The molecule has 0 saturated heterocycles. The van der Waals surface area contributed by atoms with Crippen LogP contribution in [0, 0.1) is 12.8 Å². The van der Waals surface area contributed by atoms with Crippen molar-refractivity contribution < 1.29 is 4.79 Å². The number of rotatable bonds is 4. The Kier molecular flexibility index (Phi) is 3.81. The number of thiophene rings is 1. The minimum Gasteiger partial charge on any atom is -0.344 e. The van der Waals surface area contributed by atoms with Crippen LogP contribution in [0.5, 0.6) is 0 Å². The Balaban J connectivity index is 2.16. The summed E-state index contributed by atoms with van der Waals surface area (Å²) in [6.07, 6.45) is 1.57. The molecule has 0 aromatic carbocycles. The van der Waals surface area contributed by atoms with E-state index in [4.69, 9.17) is 0 Å². The van der Waals surface area contributed by atoms with Gasteiger partial charge in [0.05, 0.1) is 17.8 Å². The number of aromatic nitrogens is 2. The average Bonchev–Trinajstić information content (AvgIpc) is 2.95. The number of carbonyl (C=O) groups is 1. The van der Waals surface area contributed by atoms with E-state index in [1.165, 1.54) is 4.88 Å². The van der Waals surface area contributed by atoms with Gasteiger partial charge in [-0.15, -0.1) is 11.3 Å². The number of hydrogen-bond acceptors (Lipinski definition) is 3.